The highest BCUT2D eigenvalue weighted by Gasteiger charge is 2.21. The number of nitrogens with one attached hydrogen (secondary N) is 1. The predicted molar refractivity (Wildman–Crippen MR) is 56.0 cm³/mol. The van der Waals surface area contributed by atoms with Gasteiger partial charge < -0.3 is 21.5 Å². The Bertz CT molecular complexity index is 280. The van der Waals surface area contributed by atoms with Crippen LogP contribution in [0.4, 0.5) is 0 Å². The first-order valence-corrected chi connectivity index (χ1v) is 4.89. The van der Waals surface area contributed by atoms with E-state index in [0.29, 0.717) is 0 Å². The van der Waals surface area contributed by atoms with Gasteiger partial charge in [0.15, 0.2) is 0 Å². The zero-order valence-electron chi connectivity index (χ0n) is 9.36. The van der Waals surface area contributed by atoms with Gasteiger partial charge in [0.05, 0.1) is 19.1 Å². The van der Waals surface area contributed by atoms with E-state index < -0.39 is 29.9 Å². The highest BCUT2D eigenvalue weighted by Crippen LogP contribution is 1.92. The van der Waals surface area contributed by atoms with Crippen molar-refractivity contribution >= 4 is 17.8 Å². The second kappa shape index (κ2) is 6.78. The molecule has 0 aliphatic rings. The zero-order valence-corrected chi connectivity index (χ0v) is 9.36. The normalized spacial score (nSPS) is 13.7. The largest absolute Gasteiger partial charge is 0.464 e. The van der Waals surface area contributed by atoms with E-state index in [2.05, 4.69) is 10.1 Å². The maximum absolute atomic E-state index is 11.3. The number of primary amides is 1. The van der Waals surface area contributed by atoms with Gasteiger partial charge >= 0.3 is 5.97 Å². The van der Waals surface area contributed by atoms with Crippen molar-refractivity contribution in [1.82, 2.24) is 5.32 Å². The van der Waals surface area contributed by atoms with Crippen molar-refractivity contribution in [2.75, 3.05) is 6.61 Å². The first-order chi connectivity index (χ1) is 7.38. The molecule has 7 heteroatoms. The van der Waals surface area contributed by atoms with Crippen LogP contribution in [-0.2, 0) is 19.1 Å². The van der Waals surface area contributed by atoms with Crippen molar-refractivity contribution in [3.05, 3.63) is 0 Å². The lowest BCUT2D eigenvalue weighted by Crippen LogP contribution is -2.48. The molecule has 5 N–H and O–H groups in total. The molecule has 0 aromatic carbocycles. The highest BCUT2D eigenvalue weighted by molar-refractivity contribution is 5.90. The third kappa shape index (κ3) is 5.30. The fourth-order valence-electron chi connectivity index (χ4n) is 0.956. The molecule has 0 saturated carbocycles. The fraction of sp³-hybridized carbons (Fsp3) is 0.667. The summed E-state index contributed by atoms with van der Waals surface area (Å²) in [6.45, 7) is 3.35. The van der Waals surface area contributed by atoms with E-state index >= 15 is 0 Å². The minimum Gasteiger partial charge on any atom is -0.464 e. The Morgan fingerprint density at radius 2 is 1.94 bits per heavy atom. The monoisotopic (exact) mass is 231 g/mol. The molecule has 0 spiro atoms. The molecule has 0 saturated heterocycles. The number of ether oxygens (including phenoxy) is 1. The van der Waals surface area contributed by atoms with Crippen LogP contribution in [0.1, 0.15) is 20.3 Å². The summed E-state index contributed by atoms with van der Waals surface area (Å²) >= 11 is 0. The summed E-state index contributed by atoms with van der Waals surface area (Å²) < 4.78 is 4.68. The molecule has 92 valence electrons. The van der Waals surface area contributed by atoms with Crippen LogP contribution >= 0.6 is 0 Å². The van der Waals surface area contributed by atoms with Gasteiger partial charge in [0, 0.05) is 0 Å². The number of hydrogen-bond donors (Lipinski definition) is 3. The van der Waals surface area contributed by atoms with E-state index in [4.69, 9.17) is 11.5 Å². The Labute approximate surface area is 93.5 Å². The first kappa shape index (κ1) is 14.4. The molecule has 0 bridgehead atoms. The molecular weight excluding hydrogens is 214 g/mol. The summed E-state index contributed by atoms with van der Waals surface area (Å²) in [7, 11) is 0. The molecule has 2 atom stereocenters. The lowest BCUT2D eigenvalue weighted by Gasteiger charge is -2.15. The van der Waals surface area contributed by atoms with Gasteiger partial charge in [-0.2, -0.15) is 0 Å². The van der Waals surface area contributed by atoms with Gasteiger partial charge in [-0.05, 0) is 13.8 Å². The van der Waals surface area contributed by atoms with Gasteiger partial charge in [-0.3, -0.25) is 9.59 Å². The standard InChI is InChI=1S/C9H17N3O4/c1-3-16-9(15)5(2)12-8(14)6(10)4-7(11)13/h5-6H,3-4,10H2,1-2H3,(H2,11,13)(H,12,14). The van der Waals surface area contributed by atoms with E-state index in [-0.39, 0.29) is 13.0 Å². The first-order valence-electron chi connectivity index (χ1n) is 4.89. The summed E-state index contributed by atoms with van der Waals surface area (Å²) in [6, 6.07) is -1.85. The Kier molecular flexibility index (Phi) is 6.09. The average Bonchev–Trinajstić information content (AvgIpc) is 2.16. The smallest absolute Gasteiger partial charge is 0.328 e. The van der Waals surface area contributed by atoms with Crippen molar-refractivity contribution in [2.24, 2.45) is 11.5 Å². The molecule has 2 unspecified atom stereocenters. The van der Waals surface area contributed by atoms with Crippen molar-refractivity contribution in [3.8, 4) is 0 Å². The van der Waals surface area contributed by atoms with Crippen molar-refractivity contribution < 1.29 is 19.1 Å². The maximum atomic E-state index is 11.3. The Balaban J connectivity index is 4.12. The van der Waals surface area contributed by atoms with E-state index in [1.807, 2.05) is 0 Å². The molecule has 0 aromatic heterocycles. The SMILES string of the molecule is CCOC(=O)C(C)NC(=O)C(N)CC(N)=O. The Hall–Kier alpha value is -1.63. The topological polar surface area (TPSA) is 125 Å². The number of esters is 1. The van der Waals surface area contributed by atoms with Gasteiger partial charge in [-0.1, -0.05) is 0 Å². The maximum Gasteiger partial charge on any atom is 0.328 e. The van der Waals surface area contributed by atoms with Gasteiger partial charge in [0.25, 0.3) is 0 Å². The number of hydrogen-bond acceptors (Lipinski definition) is 5. The van der Waals surface area contributed by atoms with Gasteiger partial charge in [-0.15, -0.1) is 0 Å². The quantitative estimate of drug-likeness (QED) is 0.468. The minimum atomic E-state index is -1.05. The van der Waals surface area contributed by atoms with Gasteiger partial charge in [-0.25, -0.2) is 4.79 Å². The van der Waals surface area contributed by atoms with Crippen LogP contribution in [0, 0.1) is 0 Å². The van der Waals surface area contributed by atoms with E-state index in [9.17, 15) is 14.4 Å². The van der Waals surface area contributed by atoms with E-state index in [1.54, 1.807) is 6.92 Å². The summed E-state index contributed by atoms with van der Waals surface area (Å²) in [6.07, 6.45) is -0.263. The van der Waals surface area contributed by atoms with Crippen molar-refractivity contribution in [2.45, 2.75) is 32.4 Å². The molecule has 0 rings (SSSR count). The zero-order chi connectivity index (χ0) is 12.7. The molecule has 0 heterocycles. The summed E-state index contributed by atoms with van der Waals surface area (Å²) in [5.74, 6) is -1.84. The number of nitrogens with two attached hydrogens (primary N) is 2. The second-order valence-corrected chi connectivity index (χ2v) is 3.26. The predicted octanol–water partition coefficient (Wildman–Crippen LogP) is -1.74. The molecular formula is C9H17N3O4. The van der Waals surface area contributed by atoms with Crippen LogP contribution < -0.4 is 16.8 Å². The molecule has 0 aromatic rings. The molecule has 0 fully saturated rings. The van der Waals surface area contributed by atoms with Gasteiger partial charge in [0.1, 0.15) is 6.04 Å². The number of amides is 2. The van der Waals surface area contributed by atoms with Crippen LogP contribution in [0.5, 0.6) is 0 Å². The third-order valence-electron chi connectivity index (χ3n) is 1.76. The fourth-order valence-corrected chi connectivity index (χ4v) is 0.956. The van der Waals surface area contributed by atoms with Crippen LogP contribution in [0.25, 0.3) is 0 Å². The highest BCUT2D eigenvalue weighted by atomic mass is 16.5. The molecule has 0 aliphatic heterocycles. The lowest BCUT2D eigenvalue weighted by molar-refractivity contribution is -0.147. The second-order valence-electron chi connectivity index (χ2n) is 3.26. The van der Waals surface area contributed by atoms with Crippen LogP contribution in [0.2, 0.25) is 0 Å². The lowest BCUT2D eigenvalue weighted by atomic mass is 10.2. The molecule has 0 aliphatic carbocycles. The summed E-state index contributed by atoms with van der Waals surface area (Å²) in [4.78, 5) is 33.0. The van der Waals surface area contributed by atoms with Crippen LogP contribution in [0.3, 0.4) is 0 Å². The van der Waals surface area contributed by atoms with Crippen molar-refractivity contribution in [1.29, 1.82) is 0 Å². The molecule has 7 nitrogen and oxygen atoms in total. The van der Waals surface area contributed by atoms with E-state index in [0.717, 1.165) is 0 Å². The Morgan fingerprint density at radius 1 is 1.38 bits per heavy atom. The summed E-state index contributed by atoms with van der Waals surface area (Å²) in [5.41, 5.74) is 10.3. The molecule has 16 heavy (non-hydrogen) atoms. The molecule has 0 radical (unpaired) electrons. The Morgan fingerprint density at radius 3 is 2.38 bits per heavy atom. The van der Waals surface area contributed by atoms with Gasteiger partial charge in [0.2, 0.25) is 11.8 Å². The summed E-state index contributed by atoms with van der Waals surface area (Å²) in [5, 5.41) is 2.32. The number of carbonyl (C=O) groups excluding carboxylic acids is 3. The van der Waals surface area contributed by atoms with E-state index in [1.165, 1.54) is 6.92 Å². The number of carbonyl (C=O) groups is 3. The van der Waals surface area contributed by atoms with Crippen molar-refractivity contribution in [3.63, 3.8) is 0 Å². The average molecular weight is 231 g/mol. The van der Waals surface area contributed by atoms with Crippen LogP contribution in [-0.4, -0.2) is 36.5 Å². The minimum absolute atomic E-state index is 0.229. The third-order valence-corrected chi connectivity index (χ3v) is 1.76. The van der Waals surface area contributed by atoms with Crippen LogP contribution in [0.15, 0.2) is 0 Å². The number of rotatable bonds is 6. The molecule has 2 amide bonds.